The summed E-state index contributed by atoms with van der Waals surface area (Å²) in [7, 11) is 0. The Morgan fingerprint density at radius 1 is 0.967 bits per heavy atom. The second-order valence-corrected chi connectivity index (χ2v) is 6.69. The molecule has 0 saturated carbocycles. The number of allylic oxidation sites excluding steroid dienone is 1. The van der Waals surface area contributed by atoms with Crippen LogP contribution >= 0.6 is 0 Å². The standard InChI is InChI=1S/C23H24F3NO3/c1-2-30-22(29)20(19(27)15-9-6-12-16-10-4-3-5-11-16)21(28)17-13-7-8-14-18(17)23(24,25)26/h3-5,7-8,10-11,13-14H,2,6,9,12,15,27H2,1H3. The Labute approximate surface area is 173 Å². The number of unbranched alkanes of at least 4 members (excludes halogenated alkanes) is 1. The first-order valence-electron chi connectivity index (χ1n) is 9.66. The highest BCUT2D eigenvalue weighted by Crippen LogP contribution is 2.33. The van der Waals surface area contributed by atoms with Crippen LogP contribution in [0, 0.1) is 0 Å². The quantitative estimate of drug-likeness (QED) is 0.154. The van der Waals surface area contributed by atoms with Crippen LogP contribution in [0.15, 0.2) is 65.9 Å². The van der Waals surface area contributed by atoms with Crippen molar-refractivity contribution in [1.82, 2.24) is 0 Å². The van der Waals surface area contributed by atoms with Crippen molar-refractivity contribution in [3.8, 4) is 0 Å². The van der Waals surface area contributed by atoms with E-state index >= 15 is 0 Å². The van der Waals surface area contributed by atoms with E-state index in [0.717, 1.165) is 30.5 Å². The molecular formula is C23H24F3NO3. The van der Waals surface area contributed by atoms with E-state index in [9.17, 15) is 22.8 Å². The van der Waals surface area contributed by atoms with Crippen molar-refractivity contribution in [1.29, 1.82) is 0 Å². The topological polar surface area (TPSA) is 69.4 Å². The Hall–Kier alpha value is -3.09. The minimum absolute atomic E-state index is 0.0299. The highest BCUT2D eigenvalue weighted by Gasteiger charge is 2.37. The first kappa shape index (κ1) is 23.2. The lowest BCUT2D eigenvalue weighted by Crippen LogP contribution is -2.24. The van der Waals surface area contributed by atoms with Crippen LogP contribution in [0.4, 0.5) is 13.2 Å². The molecule has 2 aromatic carbocycles. The normalized spacial score (nSPS) is 12.3. The molecule has 0 radical (unpaired) electrons. The minimum atomic E-state index is -4.74. The van der Waals surface area contributed by atoms with Crippen LogP contribution < -0.4 is 5.73 Å². The highest BCUT2D eigenvalue weighted by atomic mass is 19.4. The van der Waals surface area contributed by atoms with Gasteiger partial charge in [-0.25, -0.2) is 4.79 Å². The summed E-state index contributed by atoms with van der Waals surface area (Å²) < 4.78 is 44.8. The van der Waals surface area contributed by atoms with Gasteiger partial charge in [0.25, 0.3) is 0 Å². The third-order valence-corrected chi connectivity index (χ3v) is 4.51. The monoisotopic (exact) mass is 419 g/mol. The van der Waals surface area contributed by atoms with Crippen LogP contribution in [0.1, 0.15) is 47.7 Å². The summed E-state index contributed by atoms with van der Waals surface area (Å²) in [6.07, 6.45) is -2.45. The maximum Gasteiger partial charge on any atom is 0.417 e. The van der Waals surface area contributed by atoms with Crippen molar-refractivity contribution >= 4 is 11.8 Å². The van der Waals surface area contributed by atoms with Gasteiger partial charge in [0.1, 0.15) is 5.57 Å². The Kier molecular flexibility index (Phi) is 8.21. The molecule has 30 heavy (non-hydrogen) atoms. The molecule has 2 rings (SSSR count). The summed E-state index contributed by atoms with van der Waals surface area (Å²) in [6, 6.07) is 14.1. The number of nitrogens with two attached hydrogens (primary N) is 1. The van der Waals surface area contributed by atoms with Gasteiger partial charge in [-0.1, -0.05) is 48.5 Å². The molecule has 0 fully saturated rings. The number of halogens is 3. The van der Waals surface area contributed by atoms with E-state index in [1.54, 1.807) is 6.92 Å². The van der Waals surface area contributed by atoms with Gasteiger partial charge in [0.05, 0.1) is 12.2 Å². The number of rotatable bonds is 9. The summed E-state index contributed by atoms with van der Waals surface area (Å²) in [5.41, 5.74) is 4.80. The summed E-state index contributed by atoms with van der Waals surface area (Å²) in [6.45, 7) is 1.51. The zero-order valence-electron chi connectivity index (χ0n) is 16.7. The fourth-order valence-corrected chi connectivity index (χ4v) is 3.05. The van der Waals surface area contributed by atoms with Gasteiger partial charge in [-0.15, -0.1) is 0 Å². The number of hydrogen-bond donors (Lipinski definition) is 1. The fraction of sp³-hybridized carbons (Fsp3) is 0.304. The van der Waals surface area contributed by atoms with Gasteiger partial charge in [0, 0.05) is 11.3 Å². The Balaban J connectivity index is 2.24. The summed E-state index contributed by atoms with van der Waals surface area (Å²) in [4.78, 5) is 25.2. The van der Waals surface area contributed by atoms with E-state index < -0.39 is 34.6 Å². The molecule has 0 bridgehead atoms. The van der Waals surface area contributed by atoms with E-state index in [-0.39, 0.29) is 18.7 Å². The van der Waals surface area contributed by atoms with E-state index in [2.05, 4.69) is 0 Å². The predicted molar refractivity (Wildman–Crippen MR) is 108 cm³/mol. The molecule has 0 aliphatic rings. The summed E-state index contributed by atoms with van der Waals surface area (Å²) in [5, 5.41) is 0. The number of carbonyl (C=O) groups is 2. The van der Waals surface area contributed by atoms with Crippen molar-refractivity contribution in [2.75, 3.05) is 6.61 Å². The number of hydrogen-bond acceptors (Lipinski definition) is 4. The number of ether oxygens (including phenoxy) is 1. The Morgan fingerprint density at radius 2 is 1.60 bits per heavy atom. The molecule has 0 atom stereocenters. The first-order valence-corrected chi connectivity index (χ1v) is 9.66. The van der Waals surface area contributed by atoms with Gasteiger partial charge in [0.2, 0.25) is 5.78 Å². The van der Waals surface area contributed by atoms with Crippen LogP contribution in [0.25, 0.3) is 0 Å². The van der Waals surface area contributed by atoms with E-state index in [1.807, 2.05) is 30.3 Å². The molecule has 0 spiro atoms. The molecule has 0 unspecified atom stereocenters. The summed E-state index contributed by atoms with van der Waals surface area (Å²) >= 11 is 0. The Bertz CT molecular complexity index is 905. The van der Waals surface area contributed by atoms with Crippen molar-refractivity contribution in [2.24, 2.45) is 5.73 Å². The maximum absolute atomic E-state index is 13.3. The molecule has 0 heterocycles. The molecule has 4 nitrogen and oxygen atoms in total. The Morgan fingerprint density at radius 3 is 2.23 bits per heavy atom. The first-order chi connectivity index (χ1) is 14.3. The lowest BCUT2D eigenvalue weighted by molar-refractivity contribution is -0.139. The second-order valence-electron chi connectivity index (χ2n) is 6.69. The molecule has 160 valence electrons. The number of Topliss-reactive ketones (excluding diaryl/α,β-unsaturated/α-hetero) is 1. The molecule has 0 aromatic heterocycles. The third kappa shape index (κ3) is 6.20. The van der Waals surface area contributed by atoms with Gasteiger partial charge in [-0.2, -0.15) is 13.2 Å². The van der Waals surface area contributed by atoms with Gasteiger partial charge < -0.3 is 10.5 Å². The number of esters is 1. The zero-order chi connectivity index (χ0) is 22.1. The van der Waals surface area contributed by atoms with Crippen molar-refractivity contribution in [2.45, 2.75) is 38.8 Å². The predicted octanol–water partition coefficient (Wildman–Crippen LogP) is 5.08. The van der Waals surface area contributed by atoms with Crippen molar-refractivity contribution < 1.29 is 27.5 Å². The minimum Gasteiger partial charge on any atom is -0.462 e. The molecule has 2 N–H and O–H groups in total. The van der Waals surface area contributed by atoms with Gasteiger partial charge >= 0.3 is 12.1 Å². The van der Waals surface area contributed by atoms with Crippen LogP contribution in [0.3, 0.4) is 0 Å². The molecular weight excluding hydrogens is 395 g/mol. The van der Waals surface area contributed by atoms with Crippen molar-refractivity contribution in [3.63, 3.8) is 0 Å². The largest absolute Gasteiger partial charge is 0.462 e. The fourth-order valence-electron chi connectivity index (χ4n) is 3.05. The number of carbonyl (C=O) groups excluding carboxylic acids is 2. The second kappa shape index (κ2) is 10.6. The van der Waals surface area contributed by atoms with Crippen molar-refractivity contribution in [3.05, 3.63) is 82.6 Å². The van der Waals surface area contributed by atoms with Crippen LogP contribution in [0.2, 0.25) is 0 Å². The highest BCUT2D eigenvalue weighted by molar-refractivity contribution is 6.25. The lowest BCUT2D eigenvalue weighted by atomic mass is 9.95. The smallest absolute Gasteiger partial charge is 0.417 e. The molecule has 2 aromatic rings. The van der Waals surface area contributed by atoms with Crippen LogP contribution in [0.5, 0.6) is 0 Å². The number of ketones is 1. The van der Waals surface area contributed by atoms with E-state index in [4.69, 9.17) is 10.5 Å². The average Bonchev–Trinajstić information content (AvgIpc) is 2.71. The molecule has 0 aliphatic carbocycles. The SMILES string of the molecule is CCOC(=O)C(C(=O)c1ccccc1C(F)(F)F)=C(N)CCCCc1ccccc1. The molecule has 7 heteroatoms. The van der Waals surface area contributed by atoms with Gasteiger partial charge in [-0.05, 0) is 44.2 Å². The third-order valence-electron chi connectivity index (χ3n) is 4.51. The molecule has 0 saturated heterocycles. The number of aryl methyl sites for hydroxylation is 1. The summed E-state index contributed by atoms with van der Waals surface area (Å²) in [5.74, 6) is -2.10. The van der Waals surface area contributed by atoms with E-state index in [0.29, 0.717) is 6.42 Å². The number of alkyl halides is 3. The molecule has 0 amide bonds. The van der Waals surface area contributed by atoms with Crippen LogP contribution in [-0.2, 0) is 22.1 Å². The average molecular weight is 419 g/mol. The maximum atomic E-state index is 13.3. The van der Waals surface area contributed by atoms with Gasteiger partial charge in [0.15, 0.2) is 0 Å². The lowest BCUT2D eigenvalue weighted by Gasteiger charge is -2.15. The van der Waals surface area contributed by atoms with Crippen LogP contribution in [-0.4, -0.2) is 18.4 Å². The van der Waals surface area contributed by atoms with Gasteiger partial charge in [-0.3, -0.25) is 4.79 Å². The van der Waals surface area contributed by atoms with E-state index in [1.165, 1.54) is 12.1 Å². The molecule has 0 aliphatic heterocycles. The number of benzene rings is 2. The zero-order valence-corrected chi connectivity index (χ0v) is 16.7.